The van der Waals surface area contributed by atoms with Crippen molar-refractivity contribution in [2.45, 2.75) is 27.7 Å². The van der Waals surface area contributed by atoms with Gasteiger partial charge in [-0.25, -0.2) is 0 Å². The molecule has 0 saturated carbocycles. The van der Waals surface area contributed by atoms with Gasteiger partial charge in [-0.1, -0.05) is 0 Å². The number of benzene rings is 3. The molecule has 0 atom stereocenters. The Morgan fingerprint density at radius 2 is 1.37 bits per heavy atom. The molecule has 2 aliphatic heterocycles. The first-order chi connectivity index (χ1) is 14.3. The van der Waals surface area contributed by atoms with E-state index in [0.717, 1.165) is 39.1 Å². The third kappa shape index (κ3) is 2.86. The molecule has 0 unspecified atom stereocenters. The molecule has 1 spiro atoms. The zero-order valence-electron chi connectivity index (χ0n) is 17.8. The van der Waals surface area contributed by atoms with Crippen molar-refractivity contribution in [1.29, 1.82) is 0 Å². The van der Waals surface area contributed by atoms with Gasteiger partial charge < -0.3 is 0 Å². The Morgan fingerprint density at radius 3 is 2.07 bits per heavy atom. The van der Waals surface area contributed by atoms with Crippen LogP contribution in [0.4, 0.5) is 0 Å². The van der Waals surface area contributed by atoms with Crippen LogP contribution in [0.3, 0.4) is 0 Å². The van der Waals surface area contributed by atoms with E-state index in [-0.39, 0.29) is 5.41 Å². The zero-order valence-corrected chi connectivity index (χ0v) is 18.7. The summed E-state index contributed by atoms with van der Waals surface area (Å²) in [7, 11) is -4.20. The number of aryl methyl sites for hydroxylation is 2. The molecule has 3 aromatic rings. The summed E-state index contributed by atoms with van der Waals surface area (Å²) in [5, 5.41) is 0.848. The monoisotopic (exact) mass is 422 g/mol. The summed E-state index contributed by atoms with van der Waals surface area (Å²) >= 11 is 0. The average Bonchev–Trinajstić information content (AvgIpc) is 2.74. The number of hydrogen-bond donors (Lipinski definition) is 0. The molecule has 0 N–H and O–H groups in total. The fourth-order valence-electron chi connectivity index (χ4n) is 4.07. The maximum absolute atomic E-state index is 6.87. The topological polar surface area (TPSA) is 36.9 Å². The molecule has 3 aromatic carbocycles. The van der Waals surface area contributed by atoms with Crippen molar-refractivity contribution in [2.24, 2.45) is 5.41 Å². The van der Waals surface area contributed by atoms with Crippen LogP contribution in [0.25, 0.3) is 11.1 Å². The van der Waals surface area contributed by atoms with Crippen LogP contribution >= 0.6 is 7.51 Å². The quantitative estimate of drug-likeness (QED) is 0.451. The normalized spacial score (nSPS) is 21.4. The summed E-state index contributed by atoms with van der Waals surface area (Å²) < 4.78 is 27.0. The second-order valence-electron chi connectivity index (χ2n) is 8.94. The van der Waals surface area contributed by atoms with Crippen LogP contribution in [0.2, 0.25) is 0 Å². The van der Waals surface area contributed by atoms with Crippen LogP contribution in [-0.2, 0) is 9.05 Å². The Morgan fingerprint density at radius 1 is 0.767 bits per heavy atom. The number of para-hydroxylation sites is 2. The molecule has 5 heteroatoms. The molecule has 0 bridgehead atoms. The molecule has 0 aliphatic carbocycles. The van der Waals surface area contributed by atoms with Crippen molar-refractivity contribution < 1.29 is 18.1 Å². The van der Waals surface area contributed by atoms with Gasteiger partial charge in [0.1, 0.15) is 0 Å². The van der Waals surface area contributed by atoms with E-state index >= 15 is 0 Å². The Kier molecular flexibility index (Phi) is 4.27. The number of fused-ring (bicyclic) bond motifs is 4. The minimum absolute atomic E-state index is 0.136. The van der Waals surface area contributed by atoms with Crippen LogP contribution in [0.5, 0.6) is 11.5 Å². The molecule has 0 radical (unpaired) electrons. The van der Waals surface area contributed by atoms with E-state index in [1.165, 1.54) is 0 Å². The summed E-state index contributed by atoms with van der Waals surface area (Å²) in [5.41, 5.74) is 3.95. The van der Waals surface area contributed by atoms with E-state index < -0.39 is 7.51 Å². The summed E-state index contributed by atoms with van der Waals surface area (Å²) in [6, 6.07) is 22.2. The van der Waals surface area contributed by atoms with E-state index in [9.17, 15) is 0 Å². The molecule has 156 valence electrons. The van der Waals surface area contributed by atoms with Gasteiger partial charge in [0.05, 0.1) is 0 Å². The standard InChI is InChI=1S/C25H27O4P/c1-18-10-9-11-19(2)24(18)29-30(26-16-25(3,4)17-27-30)23-15-8-6-13-21(23)20-12-5-7-14-22(20)28-30/h5-15H,16-17H2,1-4H3. The van der Waals surface area contributed by atoms with Crippen LogP contribution in [0.1, 0.15) is 25.0 Å². The Hall–Kier alpha value is -2.39. The van der Waals surface area contributed by atoms with E-state index in [4.69, 9.17) is 18.1 Å². The van der Waals surface area contributed by atoms with Gasteiger partial charge >= 0.3 is 178 Å². The molecule has 2 heterocycles. The van der Waals surface area contributed by atoms with Gasteiger partial charge in [0.25, 0.3) is 0 Å². The second-order valence-corrected chi connectivity index (χ2v) is 11.9. The van der Waals surface area contributed by atoms with E-state index in [0.29, 0.717) is 13.2 Å². The Labute approximate surface area is 178 Å². The molecular weight excluding hydrogens is 395 g/mol. The van der Waals surface area contributed by atoms with E-state index in [2.05, 4.69) is 26.0 Å². The van der Waals surface area contributed by atoms with Crippen molar-refractivity contribution in [3.05, 3.63) is 77.9 Å². The molecule has 5 rings (SSSR count). The van der Waals surface area contributed by atoms with Crippen LogP contribution in [0.15, 0.2) is 66.7 Å². The second kappa shape index (κ2) is 6.55. The van der Waals surface area contributed by atoms with Gasteiger partial charge in [-0.3, -0.25) is 0 Å². The van der Waals surface area contributed by atoms with Gasteiger partial charge in [0.2, 0.25) is 0 Å². The van der Waals surface area contributed by atoms with E-state index in [1.54, 1.807) is 0 Å². The van der Waals surface area contributed by atoms with E-state index in [1.807, 2.05) is 68.4 Å². The van der Waals surface area contributed by atoms with Crippen molar-refractivity contribution in [3.8, 4) is 22.6 Å². The molecule has 1 fully saturated rings. The first kappa shape index (κ1) is 19.6. The third-order valence-electron chi connectivity index (χ3n) is 5.74. The molecule has 30 heavy (non-hydrogen) atoms. The van der Waals surface area contributed by atoms with Crippen LogP contribution in [-0.4, -0.2) is 13.2 Å². The SMILES string of the molecule is Cc1cccc(C)c1OP12(OCC(C)(C)CO1)Oc1ccccc1-c1ccccc12. The predicted octanol–water partition coefficient (Wildman–Crippen LogP) is 6.35. The summed E-state index contributed by atoms with van der Waals surface area (Å²) in [4.78, 5) is 0. The van der Waals surface area contributed by atoms with Gasteiger partial charge in [-0.15, -0.1) is 0 Å². The Balaban J connectivity index is 1.79. The van der Waals surface area contributed by atoms with Crippen molar-refractivity contribution in [1.82, 2.24) is 0 Å². The first-order valence-corrected chi connectivity index (χ1v) is 12.2. The van der Waals surface area contributed by atoms with Crippen molar-refractivity contribution in [2.75, 3.05) is 13.2 Å². The van der Waals surface area contributed by atoms with Crippen LogP contribution < -0.4 is 14.4 Å². The molecule has 0 amide bonds. The fraction of sp³-hybridized carbons (Fsp3) is 0.280. The van der Waals surface area contributed by atoms with Gasteiger partial charge in [0, 0.05) is 0 Å². The fourth-order valence-corrected chi connectivity index (χ4v) is 8.03. The molecule has 1 saturated heterocycles. The first-order valence-electron chi connectivity index (χ1n) is 10.3. The third-order valence-corrected chi connectivity index (χ3v) is 9.08. The van der Waals surface area contributed by atoms with Gasteiger partial charge in [-0.05, 0) is 0 Å². The predicted molar refractivity (Wildman–Crippen MR) is 121 cm³/mol. The summed E-state index contributed by atoms with van der Waals surface area (Å²) in [6.45, 7) is 9.29. The minimum atomic E-state index is -4.20. The van der Waals surface area contributed by atoms with Crippen LogP contribution in [0, 0.1) is 19.3 Å². The molecular formula is C25H27O4P. The zero-order chi connectivity index (χ0) is 21.0. The Bertz CT molecular complexity index is 1110. The molecule has 2 aliphatic rings. The molecule has 0 aromatic heterocycles. The number of hydrogen-bond acceptors (Lipinski definition) is 4. The maximum atomic E-state index is 6.87. The molecule has 4 nitrogen and oxygen atoms in total. The summed E-state index contributed by atoms with van der Waals surface area (Å²) in [6.07, 6.45) is 0. The van der Waals surface area contributed by atoms with Crippen molar-refractivity contribution in [3.63, 3.8) is 0 Å². The number of rotatable bonds is 2. The summed E-state index contributed by atoms with van der Waals surface area (Å²) in [5.74, 6) is 1.48. The average molecular weight is 422 g/mol. The van der Waals surface area contributed by atoms with Gasteiger partial charge in [0.15, 0.2) is 0 Å². The van der Waals surface area contributed by atoms with Gasteiger partial charge in [-0.2, -0.15) is 0 Å². The van der Waals surface area contributed by atoms with Crippen molar-refractivity contribution >= 4 is 12.8 Å².